The predicted octanol–water partition coefficient (Wildman–Crippen LogP) is 1.84. The normalized spacial score (nSPS) is 11.7. The lowest BCUT2D eigenvalue weighted by molar-refractivity contribution is -0.116. The van der Waals surface area contributed by atoms with E-state index < -0.39 is 15.8 Å². The number of hydrogen-bond donors (Lipinski definition) is 1. The van der Waals surface area contributed by atoms with Crippen molar-refractivity contribution in [2.24, 2.45) is 0 Å². The molecular weight excluding hydrogens is 404 g/mol. The lowest BCUT2D eigenvalue weighted by atomic mass is 10.3. The van der Waals surface area contributed by atoms with Crippen molar-refractivity contribution < 1.29 is 17.6 Å². The number of nitrogens with zero attached hydrogens (tertiary/aromatic N) is 3. The molecule has 1 amide bonds. The smallest absolute Gasteiger partial charge is 0.387 e. The van der Waals surface area contributed by atoms with Crippen molar-refractivity contribution in [2.75, 3.05) is 19.4 Å². The van der Waals surface area contributed by atoms with Crippen LogP contribution in [0, 0.1) is 0 Å². The van der Waals surface area contributed by atoms with E-state index in [2.05, 4.69) is 10.4 Å². The number of carbonyl (C=O) groups is 1. The molecule has 1 aromatic carbocycles. The molecule has 148 valence electrons. The molecule has 2 aromatic heterocycles. The second kappa shape index (κ2) is 8.09. The zero-order chi connectivity index (χ0) is 20.3. The van der Waals surface area contributed by atoms with Crippen LogP contribution in [0.2, 0.25) is 0 Å². The summed E-state index contributed by atoms with van der Waals surface area (Å²) < 4.78 is 31.6. The predicted molar refractivity (Wildman–Crippen MR) is 105 cm³/mol. The molecule has 0 fully saturated rings. The Kier molecular flexibility index (Phi) is 5.77. The molecule has 0 unspecified atom stereocenters. The third-order valence-electron chi connectivity index (χ3n) is 3.79. The van der Waals surface area contributed by atoms with Crippen LogP contribution in [-0.4, -0.2) is 42.5 Å². The van der Waals surface area contributed by atoms with E-state index in [0.717, 1.165) is 13.9 Å². The minimum Gasteiger partial charge on any atom is -0.387 e. The Labute approximate surface area is 165 Å². The van der Waals surface area contributed by atoms with Gasteiger partial charge in [0.1, 0.15) is 0 Å². The number of sulfonamides is 1. The Morgan fingerprint density at radius 3 is 2.75 bits per heavy atom. The van der Waals surface area contributed by atoms with Crippen molar-refractivity contribution in [3.8, 4) is 10.8 Å². The zero-order valence-corrected chi connectivity index (χ0v) is 16.8. The van der Waals surface area contributed by atoms with Gasteiger partial charge in [-0.1, -0.05) is 12.1 Å². The first-order valence-corrected chi connectivity index (χ1v) is 10.5. The van der Waals surface area contributed by atoms with Gasteiger partial charge in [0.25, 0.3) is 5.89 Å². The molecule has 0 bridgehead atoms. The summed E-state index contributed by atoms with van der Waals surface area (Å²) in [5, 5.41) is 8.54. The van der Waals surface area contributed by atoms with Crippen molar-refractivity contribution in [3.63, 3.8) is 0 Å². The molecule has 0 radical (unpaired) electrons. The third-order valence-corrected chi connectivity index (χ3v) is 6.45. The number of hydrogen-bond acceptors (Lipinski definition) is 7. The summed E-state index contributed by atoms with van der Waals surface area (Å²) in [5.74, 6) is -0.816. The number of anilines is 1. The van der Waals surface area contributed by atoms with Gasteiger partial charge >= 0.3 is 5.76 Å². The Bertz CT molecular complexity index is 1130. The van der Waals surface area contributed by atoms with Crippen molar-refractivity contribution in [3.05, 3.63) is 52.3 Å². The number of rotatable bonds is 7. The summed E-state index contributed by atoms with van der Waals surface area (Å²) in [5.41, 5.74) is 0.347. The first-order valence-electron chi connectivity index (χ1n) is 8.21. The van der Waals surface area contributed by atoms with Crippen molar-refractivity contribution in [1.29, 1.82) is 0 Å². The highest BCUT2D eigenvalue weighted by atomic mass is 32.2. The Hall–Kier alpha value is -2.76. The maximum atomic E-state index is 12.2. The van der Waals surface area contributed by atoms with Crippen LogP contribution in [0.3, 0.4) is 0 Å². The molecule has 0 aliphatic carbocycles. The maximum Gasteiger partial charge on any atom is 0.437 e. The Balaban J connectivity index is 1.65. The SMILES string of the molecule is CN(C)S(=O)(=O)c1cccc(NC(=O)CCn2nc(-c3cccs3)oc2=O)c1. The first-order chi connectivity index (χ1) is 13.3. The Morgan fingerprint density at radius 1 is 1.29 bits per heavy atom. The topological polar surface area (TPSA) is 115 Å². The molecule has 1 N–H and O–H groups in total. The molecule has 0 aliphatic heterocycles. The van der Waals surface area contributed by atoms with Gasteiger partial charge in [0.05, 0.1) is 16.3 Å². The van der Waals surface area contributed by atoms with Gasteiger partial charge in [-0.3, -0.25) is 4.79 Å². The Morgan fingerprint density at radius 2 is 2.07 bits per heavy atom. The van der Waals surface area contributed by atoms with E-state index in [1.165, 1.54) is 37.6 Å². The second-order valence-corrected chi connectivity index (χ2v) is 9.09. The van der Waals surface area contributed by atoms with Crippen molar-refractivity contribution >= 4 is 33.0 Å². The fraction of sp³-hybridized carbons (Fsp3) is 0.235. The molecule has 0 atom stereocenters. The first kappa shape index (κ1) is 20.0. The van der Waals surface area contributed by atoms with Crippen LogP contribution in [0.5, 0.6) is 0 Å². The number of nitrogens with one attached hydrogen (secondary N) is 1. The van der Waals surface area contributed by atoms with Crippen LogP contribution < -0.4 is 11.1 Å². The summed E-state index contributed by atoms with van der Waals surface area (Å²) >= 11 is 1.39. The van der Waals surface area contributed by atoms with E-state index >= 15 is 0 Å². The number of aromatic nitrogens is 2. The van der Waals surface area contributed by atoms with Crippen LogP contribution in [-0.2, 0) is 21.4 Å². The minimum atomic E-state index is -3.60. The van der Waals surface area contributed by atoms with Gasteiger partial charge in [-0.25, -0.2) is 17.5 Å². The molecule has 11 heteroatoms. The largest absolute Gasteiger partial charge is 0.437 e. The van der Waals surface area contributed by atoms with Gasteiger partial charge in [0.15, 0.2) is 0 Å². The lowest BCUT2D eigenvalue weighted by Crippen LogP contribution is -2.23. The van der Waals surface area contributed by atoms with Crippen molar-refractivity contribution in [2.45, 2.75) is 17.9 Å². The number of amides is 1. The van der Waals surface area contributed by atoms with E-state index in [1.54, 1.807) is 18.2 Å². The summed E-state index contributed by atoms with van der Waals surface area (Å²) in [6.45, 7) is 0.0369. The number of benzene rings is 1. The average Bonchev–Trinajstić information content (AvgIpc) is 3.30. The molecule has 3 aromatic rings. The van der Waals surface area contributed by atoms with E-state index in [9.17, 15) is 18.0 Å². The fourth-order valence-corrected chi connectivity index (χ4v) is 3.92. The van der Waals surface area contributed by atoms with Gasteiger partial charge < -0.3 is 9.73 Å². The van der Waals surface area contributed by atoms with Gasteiger partial charge in [0.2, 0.25) is 15.9 Å². The van der Waals surface area contributed by atoms with Gasteiger partial charge in [-0.15, -0.1) is 16.4 Å². The molecule has 0 spiro atoms. The van der Waals surface area contributed by atoms with E-state index in [0.29, 0.717) is 5.69 Å². The van der Waals surface area contributed by atoms with Crippen LogP contribution >= 0.6 is 11.3 Å². The van der Waals surface area contributed by atoms with Crippen molar-refractivity contribution in [1.82, 2.24) is 14.1 Å². The highest BCUT2D eigenvalue weighted by Gasteiger charge is 2.18. The molecule has 0 saturated carbocycles. The molecular formula is C17H18N4O5S2. The summed E-state index contributed by atoms with van der Waals surface area (Å²) in [7, 11) is -0.737. The summed E-state index contributed by atoms with van der Waals surface area (Å²) in [4.78, 5) is 24.8. The van der Waals surface area contributed by atoms with Crippen LogP contribution in [0.1, 0.15) is 6.42 Å². The molecule has 2 heterocycles. The van der Waals surface area contributed by atoms with E-state index in [1.807, 2.05) is 11.4 Å². The monoisotopic (exact) mass is 422 g/mol. The highest BCUT2D eigenvalue weighted by Crippen LogP contribution is 2.21. The van der Waals surface area contributed by atoms with Gasteiger partial charge in [0, 0.05) is 26.2 Å². The summed E-state index contributed by atoms with van der Waals surface area (Å²) in [6.07, 6.45) is -0.0268. The zero-order valence-electron chi connectivity index (χ0n) is 15.2. The second-order valence-electron chi connectivity index (χ2n) is 5.99. The molecule has 0 saturated heterocycles. The van der Waals surface area contributed by atoms with E-state index in [-0.39, 0.29) is 29.7 Å². The third kappa shape index (κ3) is 4.38. The molecule has 28 heavy (non-hydrogen) atoms. The number of carbonyl (C=O) groups excluding carboxylic acids is 1. The van der Waals surface area contributed by atoms with Crippen LogP contribution in [0.25, 0.3) is 10.8 Å². The number of aryl methyl sites for hydroxylation is 1. The van der Waals surface area contributed by atoms with E-state index in [4.69, 9.17) is 4.42 Å². The number of thiophene rings is 1. The molecule has 3 rings (SSSR count). The lowest BCUT2D eigenvalue weighted by Gasteiger charge is -2.12. The van der Waals surface area contributed by atoms with Gasteiger partial charge in [-0.05, 0) is 29.6 Å². The van der Waals surface area contributed by atoms with Crippen LogP contribution in [0.15, 0.2) is 55.9 Å². The average molecular weight is 422 g/mol. The van der Waals surface area contributed by atoms with Gasteiger partial charge in [-0.2, -0.15) is 4.68 Å². The quantitative estimate of drug-likeness (QED) is 0.621. The highest BCUT2D eigenvalue weighted by molar-refractivity contribution is 7.89. The molecule has 9 nitrogen and oxygen atoms in total. The minimum absolute atomic E-state index is 0.0268. The summed E-state index contributed by atoms with van der Waals surface area (Å²) in [6, 6.07) is 9.56. The maximum absolute atomic E-state index is 12.2. The van der Waals surface area contributed by atoms with Crippen LogP contribution in [0.4, 0.5) is 5.69 Å². The molecule has 0 aliphatic rings. The standard InChI is InChI=1S/C17H18N4O5S2/c1-20(2)28(24,25)13-6-3-5-12(11-13)18-15(22)8-9-21-17(23)26-16(19-21)14-7-4-10-27-14/h3-7,10-11H,8-9H2,1-2H3,(H,18,22). The fourth-order valence-electron chi connectivity index (χ4n) is 2.32.